The molecule has 0 spiro atoms. The Morgan fingerprint density at radius 1 is 1.38 bits per heavy atom. The largest absolute Gasteiger partial charge is 0.478 e. The third-order valence-corrected chi connectivity index (χ3v) is 2.00. The smallest absolute Gasteiger partial charge is 0.218 e. The Balaban J connectivity index is 2.65. The number of ether oxygens (including phenoxy) is 1. The molecule has 1 aromatic heterocycles. The molecule has 4 nitrogen and oxygen atoms in total. The van der Waals surface area contributed by atoms with Crippen molar-refractivity contribution in [3.8, 4) is 5.88 Å². The number of aromatic nitrogens is 2. The molecule has 4 heteroatoms. The summed E-state index contributed by atoms with van der Waals surface area (Å²) in [5.41, 5.74) is 0. The number of aryl methyl sites for hydroxylation is 1. The molecule has 1 rings (SSSR count). The molecule has 0 saturated heterocycles. The normalized spacial score (nSPS) is 10.6. The molecule has 0 atom stereocenters. The number of hydrogen-bond acceptors (Lipinski definition) is 4. The molecular weight excluding hydrogens is 202 g/mol. The number of rotatable bonds is 6. The van der Waals surface area contributed by atoms with Crippen LogP contribution in [0.3, 0.4) is 0 Å². The lowest BCUT2D eigenvalue weighted by atomic mass is 10.3. The third-order valence-electron chi connectivity index (χ3n) is 2.00. The first-order chi connectivity index (χ1) is 7.61. The zero-order valence-corrected chi connectivity index (χ0v) is 10.6. The van der Waals surface area contributed by atoms with E-state index in [1.54, 1.807) is 0 Å². The Bertz CT molecular complexity index is 326. The fourth-order valence-corrected chi connectivity index (χ4v) is 1.31. The summed E-state index contributed by atoms with van der Waals surface area (Å²) in [5, 5.41) is 3.25. The Labute approximate surface area is 97.5 Å². The highest BCUT2D eigenvalue weighted by atomic mass is 16.5. The quantitative estimate of drug-likeness (QED) is 0.753. The molecule has 0 bridgehead atoms. The lowest BCUT2D eigenvalue weighted by Crippen LogP contribution is -2.12. The van der Waals surface area contributed by atoms with Crippen LogP contribution >= 0.6 is 0 Å². The van der Waals surface area contributed by atoms with Crippen LogP contribution in [0.5, 0.6) is 5.88 Å². The predicted octanol–water partition coefficient (Wildman–Crippen LogP) is 2.78. The second-order valence-electron chi connectivity index (χ2n) is 4.14. The van der Waals surface area contributed by atoms with E-state index < -0.39 is 0 Å². The van der Waals surface area contributed by atoms with Gasteiger partial charge in [-0.3, -0.25) is 0 Å². The van der Waals surface area contributed by atoms with E-state index >= 15 is 0 Å². The zero-order valence-electron chi connectivity index (χ0n) is 10.6. The maximum absolute atomic E-state index is 5.56. The lowest BCUT2D eigenvalue weighted by Gasteiger charge is -2.11. The van der Waals surface area contributed by atoms with E-state index in [1.165, 1.54) is 0 Å². The van der Waals surface area contributed by atoms with Crippen molar-refractivity contribution in [3.63, 3.8) is 0 Å². The number of anilines is 1. The molecule has 16 heavy (non-hydrogen) atoms. The van der Waals surface area contributed by atoms with E-state index in [1.807, 2.05) is 13.0 Å². The highest BCUT2D eigenvalue weighted by molar-refractivity contribution is 5.38. The minimum Gasteiger partial charge on any atom is -0.478 e. The average molecular weight is 223 g/mol. The summed E-state index contributed by atoms with van der Waals surface area (Å²) in [6.45, 7) is 8.89. The van der Waals surface area contributed by atoms with E-state index in [-0.39, 0.29) is 0 Å². The van der Waals surface area contributed by atoms with E-state index in [9.17, 15) is 0 Å². The maximum Gasteiger partial charge on any atom is 0.218 e. The summed E-state index contributed by atoms with van der Waals surface area (Å²) in [6, 6.07) is 2.21. The number of nitrogens with one attached hydrogen (secondary N) is 1. The van der Waals surface area contributed by atoms with Crippen LogP contribution in [-0.2, 0) is 0 Å². The van der Waals surface area contributed by atoms with Gasteiger partial charge in [0.15, 0.2) is 0 Å². The summed E-state index contributed by atoms with van der Waals surface area (Å²) in [4.78, 5) is 8.54. The SMILES string of the molecule is CCCCOc1cc(NC(C)C)nc(C)n1. The highest BCUT2D eigenvalue weighted by Gasteiger charge is 2.03. The second kappa shape index (κ2) is 6.30. The summed E-state index contributed by atoms with van der Waals surface area (Å²) < 4.78 is 5.56. The van der Waals surface area contributed by atoms with Crippen LogP contribution in [0.25, 0.3) is 0 Å². The minimum absolute atomic E-state index is 0.359. The molecule has 0 saturated carbocycles. The van der Waals surface area contributed by atoms with Crippen LogP contribution in [0.15, 0.2) is 6.07 Å². The molecule has 0 aliphatic heterocycles. The topological polar surface area (TPSA) is 47.0 Å². The fraction of sp³-hybridized carbons (Fsp3) is 0.667. The summed E-state index contributed by atoms with van der Waals surface area (Å²) >= 11 is 0. The van der Waals surface area contributed by atoms with Gasteiger partial charge in [-0.1, -0.05) is 13.3 Å². The van der Waals surface area contributed by atoms with Crippen molar-refractivity contribution in [1.82, 2.24) is 9.97 Å². The Hall–Kier alpha value is -1.32. The van der Waals surface area contributed by atoms with Gasteiger partial charge in [0, 0.05) is 12.1 Å². The summed E-state index contributed by atoms with van der Waals surface area (Å²) in [5.74, 6) is 2.22. The Morgan fingerprint density at radius 3 is 2.75 bits per heavy atom. The molecule has 0 aromatic carbocycles. The molecule has 0 amide bonds. The molecule has 1 N–H and O–H groups in total. The van der Waals surface area contributed by atoms with Crippen molar-refractivity contribution in [2.24, 2.45) is 0 Å². The Kier molecular flexibility index (Phi) is 5.02. The van der Waals surface area contributed by atoms with Crippen molar-refractivity contribution in [1.29, 1.82) is 0 Å². The predicted molar refractivity (Wildman–Crippen MR) is 65.9 cm³/mol. The van der Waals surface area contributed by atoms with Gasteiger partial charge in [-0.15, -0.1) is 0 Å². The van der Waals surface area contributed by atoms with Crippen LogP contribution in [0.4, 0.5) is 5.82 Å². The first-order valence-electron chi connectivity index (χ1n) is 5.87. The number of unbranched alkanes of at least 4 members (excludes halogenated alkanes) is 1. The molecule has 0 unspecified atom stereocenters. The second-order valence-corrected chi connectivity index (χ2v) is 4.14. The van der Waals surface area contributed by atoms with Crippen molar-refractivity contribution >= 4 is 5.82 Å². The van der Waals surface area contributed by atoms with Crippen LogP contribution in [0.1, 0.15) is 39.4 Å². The standard InChI is InChI=1S/C12H21N3O/c1-5-6-7-16-12-8-11(13-9(2)3)14-10(4)15-12/h8-9H,5-7H2,1-4H3,(H,13,14,15). The van der Waals surface area contributed by atoms with Crippen molar-refractivity contribution in [2.75, 3.05) is 11.9 Å². The number of nitrogens with zero attached hydrogens (tertiary/aromatic N) is 2. The fourth-order valence-electron chi connectivity index (χ4n) is 1.31. The van der Waals surface area contributed by atoms with Gasteiger partial charge in [0.2, 0.25) is 5.88 Å². The molecule has 0 aliphatic rings. The summed E-state index contributed by atoms with van der Waals surface area (Å²) in [6.07, 6.45) is 2.18. The summed E-state index contributed by atoms with van der Waals surface area (Å²) in [7, 11) is 0. The van der Waals surface area contributed by atoms with Gasteiger partial charge in [0.05, 0.1) is 6.61 Å². The third kappa shape index (κ3) is 4.47. The van der Waals surface area contributed by atoms with Gasteiger partial charge in [-0.05, 0) is 27.2 Å². The van der Waals surface area contributed by atoms with Gasteiger partial charge in [-0.2, -0.15) is 4.98 Å². The van der Waals surface area contributed by atoms with Crippen LogP contribution < -0.4 is 10.1 Å². The zero-order chi connectivity index (χ0) is 12.0. The maximum atomic E-state index is 5.56. The lowest BCUT2D eigenvalue weighted by molar-refractivity contribution is 0.296. The first-order valence-corrected chi connectivity index (χ1v) is 5.87. The number of hydrogen-bond donors (Lipinski definition) is 1. The molecule has 0 radical (unpaired) electrons. The van der Waals surface area contributed by atoms with Gasteiger partial charge in [-0.25, -0.2) is 4.98 Å². The molecular formula is C12H21N3O. The van der Waals surface area contributed by atoms with Gasteiger partial charge >= 0.3 is 0 Å². The molecule has 1 aromatic rings. The van der Waals surface area contributed by atoms with Gasteiger partial charge < -0.3 is 10.1 Å². The van der Waals surface area contributed by atoms with Crippen LogP contribution in [0.2, 0.25) is 0 Å². The van der Waals surface area contributed by atoms with Crippen molar-refractivity contribution in [3.05, 3.63) is 11.9 Å². The molecule has 0 fully saturated rings. The average Bonchev–Trinajstić information content (AvgIpc) is 2.16. The first kappa shape index (κ1) is 12.7. The molecule has 90 valence electrons. The monoisotopic (exact) mass is 223 g/mol. The van der Waals surface area contributed by atoms with Crippen LogP contribution in [-0.4, -0.2) is 22.6 Å². The molecule has 0 aliphatic carbocycles. The van der Waals surface area contributed by atoms with Gasteiger partial charge in [0.25, 0.3) is 0 Å². The van der Waals surface area contributed by atoms with Crippen molar-refractivity contribution < 1.29 is 4.74 Å². The van der Waals surface area contributed by atoms with E-state index in [4.69, 9.17) is 4.74 Å². The van der Waals surface area contributed by atoms with E-state index in [0.717, 1.165) is 24.5 Å². The minimum atomic E-state index is 0.359. The van der Waals surface area contributed by atoms with E-state index in [2.05, 4.69) is 36.1 Å². The van der Waals surface area contributed by atoms with Crippen LogP contribution in [0, 0.1) is 6.92 Å². The van der Waals surface area contributed by atoms with Crippen molar-refractivity contribution in [2.45, 2.75) is 46.6 Å². The highest BCUT2D eigenvalue weighted by Crippen LogP contribution is 2.14. The Morgan fingerprint density at radius 2 is 2.12 bits per heavy atom. The van der Waals surface area contributed by atoms with Gasteiger partial charge in [0.1, 0.15) is 11.6 Å². The van der Waals surface area contributed by atoms with E-state index in [0.29, 0.717) is 18.5 Å². The molecule has 1 heterocycles.